The second-order valence-electron chi connectivity index (χ2n) is 8.84. The molecule has 1 heterocycles. The third kappa shape index (κ3) is 8.22. The van der Waals surface area contributed by atoms with Crippen LogP contribution in [0.2, 0.25) is 0 Å². The summed E-state index contributed by atoms with van der Waals surface area (Å²) in [6.07, 6.45) is 4.05. The molecule has 0 bridgehead atoms. The van der Waals surface area contributed by atoms with Crippen molar-refractivity contribution >= 4 is 28.5 Å². The van der Waals surface area contributed by atoms with E-state index in [0.717, 1.165) is 16.5 Å². The molecule has 3 rings (SSSR count). The normalized spacial score (nSPS) is 12.3. The van der Waals surface area contributed by atoms with Crippen LogP contribution in [0, 0.1) is 11.8 Å². The molecule has 3 aromatic rings. The van der Waals surface area contributed by atoms with Crippen LogP contribution in [-0.2, 0) is 16.0 Å². The van der Waals surface area contributed by atoms with Gasteiger partial charge in [-0.1, -0.05) is 68.5 Å². The Morgan fingerprint density at radius 3 is 2.31 bits per heavy atom. The number of carbonyl (C=O) groups excluding carboxylic acids is 3. The monoisotopic (exact) mass is 477 g/mol. The van der Waals surface area contributed by atoms with Gasteiger partial charge >= 0.3 is 0 Å². The second kappa shape index (κ2) is 13.9. The van der Waals surface area contributed by atoms with Crippen LogP contribution in [0.15, 0.2) is 73.4 Å². The summed E-state index contributed by atoms with van der Waals surface area (Å²) in [5.74, 6) is -1.70. The number of amides is 2. The summed E-state index contributed by atoms with van der Waals surface area (Å²) in [5.41, 5.74) is 3.86. The Morgan fingerprint density at radius 1 is 1.06 bits per heavy atom. The number of ketones is 1. The summed E-state index contributed by atoms with van der Waals surface area (Å²) in [5, 5.41) is 12.6. The molecular weight excluding hydrogens is 442 g/mol. The fourth-order valence-electron chi connectivity index (χ4n) is 3.93. The molecule has 0 fully saturated rings. The van der Waals surface area contributed by atoms with Gasteiger partial charge in [0.2, 0.25) is 11.8 Å². The number of hydrogen-bond acceptors (Lipinski definition) is 4. The van der Waals surface area contributed by atoms with Crippen molar-refractivity contribution < 1.29 is 19.6 Å². The van der Waals surface area contributed by atoms with Gasteiger partial charge in [-0.15, -0.1) is 6.58 Å². The Hall–Kier alpha value is -3.71. The van der Waals surface area contributed by atoms with Gasteiger partial charge in [0.15, 0.2) is 5.78 Å². The molecule has 4 N–H and O–H groups in total. The number of para-hydroxylation sites is 1. The van der Waals surface area contributed by atoms with Crippen molar-refractivity contribution in [2.75, 3.05) is 0 Å². The van der Waals surface area contributed by atoms with Crippen LogP contribution in [-0.4, -0.2) is 33.8 Å². The molecule has 186 valence electrons. The lowest BCUT2D eigenvalue weighted by Gasteiger charge is -2.23. The zero-order valence-corrected chi connectivity index (χ0v) is 20.6. The predicted molar refractivity (Wildman–Crippen MR) is 138 cm³/mol. The van der Waals surface area contributed by atoms with Gasteiger partial charge in [0, 0.05) is 41.4 Å². The molecule has 7 nitrogen and oxygen atoms in total. The summed E-state index contributed by atoms with van der Waals surface area (Å²) in [7, 11) is 0. The number of benzene rings is 2. The highest BCUT2D eigenvalue weighted by molar-refractivity contribution is 6.11. The van der Waals surface area contributed by atoms with Gasteiger partial charge in [-0.2, -0.15) is 0 Å². The molecule has 7 heteroatoms. The molecule has 0 aliphatic rings. The molecule has 0 spiro atoms. The SMILES string of the molecule is C=CC.CC(C)CC(CC(=O)NO)C(=O)NC(Cc1ccccc1)C(=O)c1c[nH]c2ccccc12. The van der Waals surface area contributed by atoms with Crippen molar-refractivity contribution in [2.45, 2.75) is 46.1 Å². The zero-order chi connectivity index (χ0) is 25.8. The first-order valence-electron chi connectivity index (χ1n) is 11.7. The zero-order valence-electron chi connectivity index (χ0n) is 20.6. The third-order valence-corrected chi connectivity index (χ3v) is 5.45. The van der Waals surface area contributed by atoms with Gasteiger partial charge < -0.3 is 10.3 Å². The molecular formula is C28H35N3O4. The predicted octanol–water partition coefficient (Wildman–Crippen LogP) is 4.83. The van der Waals surface area contributed by atoms with E-state index in [0.29, 0.717) is 18.4 Å². The number of fused-ring (bicyclic) bond motifs is 1. The number of hydroxylamine groups is 1. The van der Waals surface area contributed by atoms with Crippen LogP contribution in [0.5, 0.6) is 0 Å². The van der Waals surface area contributed by atoms with Crippen LogP contribution in [0.4, 0.5) is 0 Å². The highest BCUT2D eigenvalue weighted by Gasteiger charge is 2.29. The lowest BCUT2D eigenvalue weighted by atomic mass is 9.91. The maximum atomic E-state index is 13.5. The topological polar surface area (TPSA) is 111 Å². The van der Waals surface area contributed by atoms with Crippen LogP contribution >= 0.6 is 0 Å². The summed E-state index contributed by atoms with van der Waals surface area (Å²) >= 11 is 0. The fraction of sp³-hybridized carbons (Fsp3) is 0.321. The second-order valence-corrected chi connectivity index (χ2v) is 8.84. The van der Waals surface area contributed by atoms with E-state index >= 15 is 0 Å². The van der Waals surface area contributed by atoms with Crippen molar-refractivity contribution in [2.24, 2.45) is 11.8 Å². The van der Waals surface area contributed by atoms with Gasteiger partial charge in [-0.3, -0.25) is 19.6 Å². The minimum absolute atomic E-state index is 0.153. The van der Waals surface area contributed by atoms with E-state index in [1.807, 2.05) is 75.4 Å². The van der Waals surface area contributed by atoms with E-state index in [1.54, 1.807) is 17.8 Å². The van der Waals surface area contributed by atoms with E-state index in [2.05, 4.69) is 16.9 Å². The first-order chi connectivity index (χ1) is 16.8. The van der Waals surface area contributed by atoms with Gasteiger partial charge in [-0.25, -0.2) is 5.48 Å². The van der Waals surface area contributed by atoms with E-state index in [-0.39, 0.29) is 24.0 Å². The molecule has 0 aliphatic heterocycles. The minimum Gasteiger partial charge on any atom is -0.360 e. The van der Waals surface area contributed by atoms with E-state index in [4.69, 9.17) is 5.21 Å². The molecule has 35 heavy (non-hydrogen) atoms. The number of allylic oxidation sites excluding steroid dienone is 1. The Balaban J connectivity index is 0.00000137. The lowest BCUT2D eigenvalue weighted by Crippen LogP contribution is -2.46. The summed E-state index contributed by atoms with van der Waals surface area (Å²) in [6.45, 7) is 9.16. The Bertz CT molecular complexity index is 1120. The molecule has 2 atom stereocenters. The van der Waals surface area contributed by atoms with E-state index in [9.17, 15) is 14.4 Å². The molecule has 0 radical (unpaired) electrons. The molecule has 0 saturated carbocycles. The quantitative estimate of drug-likeness (QED) is 0.145. The number of nitrogens with one attached hydrogen (secondary N) is 3. The standard InChI is InChI=1S/C25H29N3O4.C3H6/c1-16(2)12-18(14-23(29)28-32)25(31)27-22(13-17-8-4-3-5-9-17)24(30)20-15-26-21-11-7-6-10-19(20)21;1-3-2/h3-11,15-16,18,22,26,32H,12-14H2,1-2H3,(H,27,31)(H,28,29);3H,1H2,2H3. The summed E-state index contributed by atoms with van der Waals surface area (Å²) in [6, 6.07) is 16.2. The number of aromatic nitrogens is 1. The highest BCUT2D eigenvalue weighted by Crippen LogP contribution is 2.22. The van der Waals surface area contributed by atoms with Crippen LogP contribution in [0.25, 0.3) is 10.9 Å². The number of aromatic amines is 1. The average molecular weight is 478 g/mol. The van der Waals surface area contributed by atoms with E-state index in [1.165, 1.54) is 0 Å². The first-order valence-corrected chi connectivity index (χ1v) is 11.7. The molecule has 1 aromatic heterocycles. The van der Waals surface area contributed by atoms with Crippen LogP contribution in [0.1, 0.15) is 49.5 Å². The molecule has 0 saturated heterocycles. The van der Waals surface area contributed by atoms with Crippen LogP contribution < -0.4 is 10.8 Å². The number of H-pyrrole nitrogens is 1. The Labute approximate surface area is 206 Å². The van der Waals surface area contributed by atoms with Gasteiger partial charge in [-0.05, 0) is 30.9 Å². The Kier molecular flexibility index (Phi) is 10.9. The minimum atomic E-state index is -0.795. The van der Waals surface area contributed by atoms with Crippen LogP contribution in [0.3, 0.4) is 0 Å². The molecule has 2 aromatic carbocycles. The van der Waals surface area contributed by atoms with Gasteiger partial charge in [0.1, 0.15) is 0 Å². The maximum absolute atomic E-state index is 13.5. The number of rotatable bonds is 10. The fourth-order valence-corrected chi connectivity index (χ4v) is 3.93. The Morgan fingerprint density at radius 2 is 1.69 bits per heavy atom. The van der Waals surface area contributed by atoms with Crippen molar-refractivity contribution in [1.82, 2.24) is 15.8 Å². The maximum Gasteiger partial charge on any atom is 0.244 e. The molecule has 2 unspecified atom stereocenters. The summed E-state index contributed by atoms with van der Waals surface area (Å²) < 4.78 is 0. The number of Topliss-reactive ketones (excluding diaryl/α,β-unsaturated/α-hetero) is 1. The molecule has 2 amide bonds. The average Bonchev–Trinajstić information content (AvgIpc) is 3.27. The smallest absolute Gasteiger partial charge is 0.244 e. The van der Waals surface area contributed by atoms with Crippen molar-refractivity contribution in [1.29, 1.82) is 0 Å². The van der Waals surface area contributed by atoms with Crippen molar-refractivity contribution in [3.8, 4) is 0 Å². The largest absolute Gasteiger partial charge is 0.360 e. The number of hydrogen-bond donors (Lipinski definition) is 4. The highest BCUT2D eigenvalue weighted by atomic mass is 16.5. The first kappa shape index (κ1) is 27.5. The van der Waals surface area contributed by atoms with Gasteiger partial charge in [0.05, 0.1) is 6.04 Å². The molecule has 0 aliphatic carbocycles. The van der Waals surface area contributed by atoms with E-state index < -0.39 is 17.9 Å². The van der Waals surface area contributed by atoms with Crippen molar-refractivity contribution in [3.63, 3.8) is 0 Å². The number of carbonyl (C=O) groups is 3. The van der Waals surface area contributed by atoms with Gasteiger partial charge in [0.25, 0.3) is 0 Å². The van der Waals surface area contributed by atoms with Crippen molar-refractivity contribution in [3.05, 3.63) is 84.6 Å². The summed E-state index contributed by atoms with van der Waals surface area (Å²) in [4.78, 5) is 41.5. The lowest BCUT2D eigenvalue weighted by molar-refractivity contribution is -0.135. The third-order valence-electron chi connectivity index (χ3n) is 5.45.